The molecule has 0 amide bonds. The Labute approximate surface area is 128 Å². The zero-order chi connectivity index (χ0) is 16.6. The molecule has 1 heterocycles. The highest BCUT2D eigenvalue weighted by atomic mass is 19.4. The van der Waals surface area contributed by atoms with Crippen molar-refractivity contribution in [3.8, 4) is 5.75 Å². The Kier molecular flexibility index (Phi) is 3.63. The van der Waals surface area contributed by atoms with E-state index < -0.39 is 17.5 Å². The number of aromatic nitrogens is 1. The van der Waals surface area contributed by atoms with Crippen molar-refractivity contribution in [2.75, 3.05) is 7.11 Å². The van der Waals surface area contributed by atoms with Crippen LogP contribution in [0.3, 0.4) is 0 Å². The van der Waals surface area contributed by atoms with Gasteiger partial charge in [-0.2, -0.15) is 13.2 Å². The van der Waals surface area contributed by atoms with Crippen molar-refractivity contribution in [3.63, 3.8) is 0 Å². The highest BCUT2D eigenvalue weighted by molar-refractivity contribution is 5.74. The molecule has 2 aromatic carbocycles. The van der Waals surface area contributed by atoms with Crippen molar-refractivity contribution in [3.05, 3.63) is 64.1 Å². The van der Waals surface area contributed by atoms with E-state index in [-0.39, 0.29) is 6.54 Å². The van der Waals surface area contributed by atoms with Crippen LogP contribution in [-0.2, 0) is 12.7 Å². The van der Waals surface area contributed by atoms with Crippen molar-refractivity contribution in [1.29, 1.82) is 0 Å². The topological polar surface area (TPSA) is 44.4 Å². The summed E-state index contributed by atoms with van der Waals surface area (Å²) in [4.78, 5) is 12.0. The number of methoxy groups -OCH3 is 1. The Morgan fingerprint density at radius 1 is 1.17 bits per heavy atom. The molecule has 23 heavy (non-hydrogen) atoms. The maximum Gasteiger partial charge on any atom is 0.420 e. The summed E-state index contributed by atoms with van der Waals surface area (Å²) in [5.74, 6) is -0.109. The Morgan fingerprint density at radius 2 is 1.96 bits per heavy atom. The Morgan fingerprint density at radius 3 is 2.65 bits per heavy atom. The number of hydrogen-bond donors (Lipinski definition) is 0. The monoisotopic (exact) mass is 323 g/mol. The van der Waals surface area contributed by atoms with Crippen LogP contribution < -0.4 is 10.5 Å². The minimum absolute atomic E-state index is 0.0249. The predicted octanol–water partition coefficient (Wildman–Crippen LogP) is 3.67. The van der Waals surface area contributed by atoms with E-state index in [1.165, 1.54) is 23.8 Å². The van der Waals surface area contributed by atoms with Crippen LogP contribution in [0.15, 0.2) is 51.7 Å². The van der Waals surface area contributed by atoms with Gasteiger partial charge < -0.3 is 9.15 Å². The molecule has 0 atom stereocenters. The first kappa shape index (κ1) is 15.2. The molecular formula is C16H12F3NO3. The molecule has 0 bridgehead atoms. The standard InChI is InChI=1S/C16H12F3NO3/c1-22-12-5-6-14-13(8-12)20(15(21)23-14)9-10-3-2-4-11(7-10)16(17,18)19/h2-8H,9H2,1H3. The molecule has 4 nitrogen and oxygen atoms in total. The molecule has 0 radical (unpaired) electrons. The van der Waals surface area contributed by atoms with Crippen LogP contribution in [0.4, 0.5) is 13.2 Å². The Hall–Kier alpha value is -2.70. The molecule has 0 aliphatic carbocycles. The lowest BCUT2D eigenvalue weighted by molar-refractivity contribution is -0.137. The first-order valence-electron chi connectivity index (χ1n) is 6.72. The summed E-state index contributed by atoms with van der Waals surface area (Å²) in [5.41, 5.74) is 0.412. The minimum Gasteiger partial charge on any atom is -0.497 e. The van der Waals surface area contributed by atoms with E-state index >= 15 is 0 Å². The largest absolute Gasteiger partial charge is 0.497 e. The van der Waals surface area contributed by atoms with Gasteiger partial charge in [-0.25, -0.2) is 4.79 Å². The zero-order valence-electron chi connectivity index (χ0n) is 12.1. The van der Waals surface area contributed by atoms with Crippen LogP contribution in [0.25, 0.3) is 11.1 Å². The molecule has 3 aromatic rings. The van der Waals surface area contributed by atoms with Gasteiger partial charge >= 0.3 is 11.9 Å². The van der Waals surface area contributed by atoms with Crippen LogP contribution in [0.1, 0.15) is 11.1 Å². The third-order valence-corrected chi connectivity index (χ3v) is 3.47. The number of benzene rings is 2. The van der Waals surface area contributed by atoms with E-state index in [0.29, 0.717) is 22.4 Å². The summed E-state index contributed by atoms with van der Waals surface area (Å²) in [7, 11) is 1.48. The van der Waals surface area contributed by atoms with Gasteiger partial charge in [0.05, 0.1) is 24.7 Å². The van der Waals surface area contributed by atoms with Gasteiger partial charge in [0.25, 0.3) is 0 Å². The van der Waals surface area contributed by atoms with E-state index in [1.807, 2.05) is 0 Å². The summed E-state index contributed by atoms with van der Waals surface area (Å²) < 4.78 is 49.8. The molecule has 0 N–H and O–H groups in total. The fraction of sp³-hybridized carbons (Fsp3) is 0.188. The van der Waals surface area contributed by atoms with E-state index in [4.69, 9.17) is 9.15 Å². The molecule has 0 spiro atoms. The molecule has 0 saturated carbocycles. The van der Waals surface area contributed by atoms with Crippen molar-refractivity contribution in [2.24, 2.45) is 0 Å². The maximum absolute atomic E-state index is 12.8. The second-order valence-corrected chi connectivity index (χ2v) is 4.99. The Balaban J connectivity index is 2.05. The van der Waals surface area contributed by atoms with Crippen molar-refractivity contribution in [1.82, 2.24) is 4.57 Å². The number of hydrogen-bond acceptors (Lipinski definition) is 3. The smallest absolute Gasteiger partial charge is 0.420 e. The molecular weight excluding hydrogens is 311 g/mol. The summed E-state index contributed by atoms with van der Waals surface area (Å²) in [5, 5.41) is 0. The third-order valence-electron chi connectivity index (χ3n) is 3.47. The molecule has 3 rings (SSSR count). The summed E-state index contributed by atoms with van der Waals surface area (Å²) in [6, 6.07) is 9.67. The lowest BCUT2D eigenvalue weighted by Gasteiger charge is -2.09. The van der Waals surface area contributed by atoms with E-state index in [2.05, 4.69) is 0 Å². The predicted molar refractivity (Wildman–Crippen MR) is 77.6 cm³/mol. The summed E-state index contributed by atoms with van der Waals surface area (Å²) >= 11 is 0. The highest BCUT2D eigenvalue weighted by Crippen LogP contribution is 2.30. The van der Waals surface area contributed by atoms with E-state index in [1.54, 1.807) is 18.2 Å². The fourth-order valence-electron chi connectivity index (χ4n) is 2.35. The summed E-state index contributed by atoms with van der Waals surface area (Å²) in [6.07, 6.45) is -4.43. The van der Waals surface area contributed by atoms with Crippen molar-refractivity contribution in [2.45, 2.75) is 12.7 Å². The highest BCUT2D eigenvalue weighted by Gasteiger charge is 2.30. The quantitative estimate of drug-likeness (QED) is 0.739. The van der Waals surface area contributed by atoms with Crippen LogP contribution in [0.5, 0.6) is 5.75 Å². The van der Waals surface area contributed by atoms with Gasteiger partial charge in [-0.05, 0) is 29.8 Å². The maximum atomic E-state index is 12.8. The lowest BCUT2D eigenvalue weighted by Crippen LogP contribution is -2.15. The summed E-state index contributed by atoms with van der Waals surface area (Å²) in [6.45, 7) is -0.0249. The zero-order valence-corrected chi connectivity index (χ0v) is 12.1. The molecule has 0 aliphatic rings. The van der Waals surface area contributed by atoms with Gasteiger partial charge in [0.15, 0.2) is 5.58 Å². The van der Waals surface area contributed by atoms with Crippen molar-refractivity contribution >= 4 is 11.1 Å². The molecule has 7 heteroatoms. The van der Waals surface area contributed by atoms with Gasteiger partial charge in [-0.15, -0.1) is 0 Å². The number of nitrogens with zero attached hydrogens (tertiary/aromatic N) is 1. The third kappa shape index (κ3) is 2.94. The number of ether oxygens (including phenoxy) is 1. The molecule has 0 aliphatic heterocycles. The van der Waals surface area contributed by atoms with Crippen LogP contribution >= 0.6 is 0 Å². The van der Waals surface area contributed by atoms with E-state index in [9.17, 15) is 18.0 Å². The van der Waals surface area contributed by atoms with Gasteiger partial charge in [0.1, 0.15) is 5.75 Å². The number of halogens is 3. The number of rotatable bonds is 3. The number of oxazole rings is 1. The average Bonchev–Trinajstić information content (AvgIpc) is 2.82. The Bertz CT molecular complexity index is 909. The molecule has 0 fully saturated rings. The number of fused-ring (bicyclic) bond motifs is 1. The first-order valence-corrected chi connectivity index (χ1v) is 6.72. The molecule has 0 unspecified atom stereocenters. The second-order valence-electron chi connectivity index (χ2n) is 4.99. The van der Waals surface area contributed by atoms with Crippen LogP contribution in [0, 0.1) is 0 Å². The van der Waals surface area contributed by atoms with E-state index in [0.717, 1.165) is 12.1 Å². The van der Waals surface area contributed by atoms with Gasteiger partial charge in [0.2, 0.25) is 0 Å². The molecule has 1 aromatic heterocycles. The first-order chi connectivity index (χ1) is 10.9. The van der Waals surface area contributed by atoms with Crippen LogP contribution in [-0.4, -0.2) is 11.7 Å². The minimum atomic E-state index is -4.43. The second kappa shape index (κ2) is 5.49. The molecule has 120 valence electrons. The van der Waals surface area contributed by atoms with Crippen LogP contribution in [0.2, 0.25) is 0 Å². The lowest BCUT2D eigenvalue weighted by atomic mass is 10.1. The normalized spacial score (nSPS) is 11.8. The van der Waals surface area contributed by atoms with Gasteiger partial charge in [0, 0.05) is 6.07 Å². The van der Waals surface area contributed by atoms with Gasteiger partial charge in [-0.1, -0.05) is 12.1 Å². The van der Waals surface area contributed by atoms with Crippen molar-refractivity contribution < 1.29 is 22.3 Å². The molecule has 0 saturated heterocycles. The SMILES string of the molecule is COc1ccc2oc(=O)n(Cc3cccc(C(F)(F)F)c3)c2c1. The average molecular weight is 323 g/mol. The number of alkyl halides is 3. The van der Waals surface area contributed by atoms with Gasteiger partial charge in [-0.3, -0.25) is 4.57 Å². The fourth-order valence-corrected chi connectivity index (χ4v) is 2.35.